The summed E-state index contributed by atoms with van der Waals surface area (Å²) in [5, 5.41) is 9.76. The number of hydrogen-bond donors (Lipinski definition) is 2. The maximum absolute atomic E-state index is 5.40. The molecular formula is C14H27IN4O2S. The van der Waals surface area contributed by atoms with Crippen molar-refractivity contribution in [3.8, 4) is 0 Å². The lowest BCUT2D eigenvalue weighted by molar-refractivity contribution is 0.0698. The third-order valence-electron chi connectivity index (χ3n) is 2.75. The Hall–Kier alpha value is -0.450. The summed E-state index contributed by atoms with van der Waals surface area (Å²) < 4.78 is 10.3. The highest BCUT2D eigenvalue weighted by Gasteiger charge is 2.00. The molecule has 0 saturated heterocycles. The normalized spacial score (nSPS) is 11.1. The second-order valence-electron chi connectivity index (χ2n) is 4.49. The number of hydrogen-bond acceptors (Lipinski definition) is 5. The molecule has 0 unspecified atom stereocenters. The van der Waals surface area contributed by atoms with Crippen molar-refractivity contribution in [2.75, 3.05) is 47.1 Å². The molecule has 0 radical (unpaired) electrons. The first kappa shape index (κ1) is 21.6. The lowest BCUT2D eigenvalue weighted by atomic mass is 10.3. The molecule has 0 aromatic carbocycles. The quantitative estimate of drug-likeness (QED) is 0.251. The molecule has 6 nitrogen and oxygen atoms in total. The molecule has 0 fully saturated rings. The average Bonchev–Trinajstić information content (AvgIpc) is 2.90. The standard InChI is InChI=1S/C14H26N4O2S.HI/c1-12-18-13(11-21-12)5-7-17-14(15-2)16-6-4-8-20-10-9-19-3;/h11H,4-10H2,1-3H3,(H2,15,16,17);1H. The number of aliphatic imine (C=N–C) groups is 1. The summed E-state index contributed by atoms with van der Waals surface area (Å²) >= 11 is 1.69. The highest BCUT2D eigenvalue weighted by atomic mass is 127. The number of aryl methyl sites for hydroxylation is 1. The molecule has 8 heteroatoms. The molecule has 0 aliphatic rings. The van der Waals surface area contributed by atoms with Crippen LogP contribution in [-0.4, -0.2) is 58.0 Å². The zero-order chi connectivity index (χ0) is 15.3. The Morgan fingerprint density at radius 3 is 2.68 bits per heavy atom. The number of thiazole rings is 1. The van der Waals surface area contributed by atoms with Crippen molar-refractivity contribution in [3.63, 3.8) is 0 Å². The number of ether oxygens (including phenoxy) is 2. The van der Waals surface area contributed by atoms with Crippen molar-refractivity contribution in [3.05, 3.63) is 16.1 Å². The van der Waals surface area contributed by atoms with Crippen molar-refractivity contribution >= 4 is 41.3 Å². The lowest BCUT2D eigenvalue weighted by Crippen LogP contribution is -2.39. The Labute approximate surface area is 154 Å². The number of guanidine groups is 1. The van der Waals surface area contributed by atoms with Gasteiger partial charge >= 0.3 is 0 Å². The van der Waals surface area contributed by atoms with Gasteiger partial charge in [-0.2, -0.15) is 0 Å². The third kappa shape index (κ3) is 10.3. The first-order chi connectivity index (χ1) is 10.3. The Morgan fingerprint density at radius 1 is 1.27 bits per heavy atom. The summed E-state index contributed by atoms with van der Waals surface area (Å²) in [5.41, 5.74) is 1.13. The van der Waals surface area contributed by atoms with Gasteiger partial charge in [0.2, 0.25) is 0 Å². The minimum Gasteiger partial charge on any atom is -0.382 e. The summed E-state index contributed by atoms with van der Waals surface area (Å²) in [6.07, 6.45) is 1.85. The van der Waals surface area contributed by atoms with Crippen LogP contribution >= 0.6 is 35.3 Å². The zero-order valence-electron chi connectivity index (χ0n) is 13.6. The topological polar surface area (TPSA) is 67.8 Å². The third-order valence-corrected chi connectivity index (χ3v) is 3.58. The van der Waals surface area contributed by atoms with Gasteiger partial charge in [0.1, 0.15) is 0 Å². The van der Waals surface area contributed by atoms with Gasteiger partial charge in [0.05, 0.1) is 23.9 Å². The van der Waals surface area contributed by atoms with E-state index < -0.39 is 0 Å². The molecule has 22 heavy (non-hydrogen) atoms. The van der Waals surface area contributed by atoms with Gasteiger partial charge < -0.3 is 20.1 Å². The van der Waals surface area contributed by atoms with Crippen LogP contribution in [0.25, 0.3) is 0 Å². The van der Waals surface area contributed by atoms with E-state index in [1.807, 2.05) is 6.92 Å². The summed E-state index contributed by atoms with van der Waals surface area (Å²) in [7, 11) is 3.45. The van der Waals surface area contributed by atoms with Gasteiger partial charge in [0, 0.05) is 45.7 Å². The number of nitrogens with zero attached hydrogens (tertiary/aromatic N) is 2. The molecule has 0 amide bonds. The summed E-state index contributed by atoms with van der Waals surface area (Å²) in [6, 6.07) is 0. The minimum atomic E-state index is 0. The van der Waals surface area contributed by atoms with E-state index in [1.165, 1.54) is 0 Å². The number of methoxy groups -OCH3 is 1. The molecule has 0 aliphatic carbocycles. The molecule has 0 aliphatic heterocycles. The SMILES string of the molecule is CN=C(NCCCOCCOC)NCCc1csc(C)n1.I. The van der Waals surface area contributed by atoms with E-state index in [4.69, 9.17) is 9.47 Å². The maximum Gasteiger partial charge on any atom is 0.190 e. The first-order valence-electron chi connectivity index (χ1n) is 7.18. The Morgan fingerprint density at radius 2 is 2.05 bits per heavy atom. The van der Waals surface area contributed by atoms with Gasteiger partial charge in [-0.15, -0.1) is 35.3 Å². The largest absolute Gasteiger partial charge is 0.382 e. The van der Waals surface area contributed by atoms with Crippen LogP contribution in [-0.2, 0) is 15.9 Å². The fraction of sp³-hybridized carbons (Fsp3) is 0.714. The summed E-state index contributed by atoms with van der Waals surface area (Å²) in [5.74, 6) is 0.818. The smallest absolute Gasteiger partial charge is 0.190 e. The van der Waals surface area contributed by atoms with E-state index in [9.17, 15) is 0 Å². The van der Waals surface area contributed by atoms with E-state index in [2.05, 4.69) is 26.0 Å². The summed E-state index contributed by atoms with van der Waals surface area (Å²) in [4.78, 5) is 8.62. The van der Waals surface area contributed by atoms with Crippen molar-refractivity contribution < 1.29 is 9.47 Å². The van der Waals surface area contributed by atoms with Crippen LogP contribution in [0.5, 0.6) is 0 Å². The van der Waals surface area contributed by atoms with Crippen LogP contribution in [0, 0.1) is 6.92 Å². The molecule has 1 aromatic rings. The number of halogens is 1. The molecule has 1 heterocycles. The average molecular weight is 442 g/mol. The van der Waals surface area contributed by atoms with Crippen molar-refractivity contribution in [2.24, 2.45) is 4.99 Å². The van der Waals surface area contributed by atoms with Crippen LogP contribution in [0.4, 0.5) is 0 Å². The second kappa shape index (κ2) is 14.2. The van der Waals surface area contributed by atoms with Gasteiger partial charge in [0.25, 0.3) is 0 Å². The molecule has 2 N–H and O–H groups in total. The van der Waals surface area contributed by atoms with Gasteiger partial charge in [0.15, 0.2) is 5.96 Å². The molecule has 128 valence electrons. The predicted molar refractivity (Wildman–Crippen MR) is 103 cm³/mol. The minimum absolute atomic E-state index is 0. The van der Waals surface area contributed by atoms with Crippen LogP contribution in [0.1, 0.15) is 17.1 Å². The number of aromatic nitrogens is 1. The van der Waals surface area contributed by atoms with E-state index in [1.54, 1.807) is 25.5 Å². The van der Waals surface area contributed by atoms with Gasteiger partial charge in [-0.1, -0.05) is 0 Å². The number of nitrogens with one attached hydrogen (secondary N) is 2. The molecule has 0 atom stereocenters. The van der Waals surface area contributed by atoms with Crippen LogP contribution < -0.4 is 10.6 Å². The molecule has 0 spiro atoms. The first-order valence-corrected chi connectivity index (χ1v) is 8.06. The van der Waals surface area contributed by atoms with Gasteiger partial charge in [-0.3, -0.25) is 4.99 Å². The van der Waals surface area contributed by atoms with Crippen LogP contribution in [0.2, 0.25) is 0 Å². The fourth-order valence-corrected chi connectivity index (χ4v) is 2.33. The zero-order valence-corrected chi connectivity index (χ0v) is 16.7. The van der Waals surface area contributed by atoms with Crippen LogP contribution in [0.15, 0.2) is 10.4 Å². The Balaban J connectivity index is 0.00000441. The van der Waals surface area contributed by atoms with Crippen molar-refractivity contribution in [1.82, 2.24) is 15.6 Å². The molecule has 1 rings (SSSR count). The van der Waals surface area contributed by atoms with E-state index in [-0.39, 0.29) is 24.0 Å². The van der Waals surface area contributed by atoms with Crippen molar-refractivity contribution in [1.29, 1.82) is 0 Å². The Kier molecular flexibility index (Phi) is 13.9. The second-order valence-corrected chi connectivity index (χ2v) is 5.55. The van der Waals surface area contributed by atoms with Crippen LogP contribution in [0.3, 0.4) is 0 Å². The highest BCUT2D eigenvalue weighted by Crippen LogP contribution is 2.07. The van der Waals surface area contributed by atoms with E-state index in [0.717, 1.165) is 49.2 Å². The van der Waals surface area contributed by atoms with E-state index >= 15 is 0 Å². The lowest BCUT2D eigenvalue weighted by Gasteiger charge is -2.11. The molecular weight excluding hydrogens is 415 g/mol. The predicted octanol–water partition coefficient (Wildman–Crippen LogP) is 1.83. The number of rotatable bonds is 10. The van der Waals surface area contributed by atoms with Gasteiger partial charge in [-0.25, -0.2) is 4.98 Å². The molecule has 0 bridgehead atoms. The fourth-order valence-electron chi connectivity index (χ4n) is 1.68. The Bertz CT molecular complexity index is 415. The van der Waals surface area contributed by atoms with Crippen molar-refractivity contribution in [2.45, 2.75) is 19.8 Å². The van der Waals surface area contributed by atoms with E-state index in [0.29, 0.717) is 13.2 Å². The maximum atomic E-state index is 5.40. The highest BCUT2D eigenvalue weighted by molar-refractivity contribution is 14.0. The monoisotopic (exact) mass is 442 g/mol. The molecule has 0 saturated carbocycles. The molecule has 1 aromatic heterocycles. The van der Waals surface area contributed by atoms with Gasteiger partial charge in [-0.05, 0) is 13.3 Å². The summed E-state index contributed by atoms with van der Waals surface area (Å²) in [6.45, 7) is 5.71.